The number of H-pyrrole nitrogens is 1. The van der Waals surface area contributed by atoms with Gasteiger partial charge in [-0.05, 0) is 38.1 Å². The summed E-state index contributed by atoms with van der Waals surface area (Å²) in [5, 5.41) is 9.49. The van der Waals surface area contributed by atoms with Crippen molar-refractivity contribution in [2.45, 2.75) is 25.3 Å². The Balaban J connectivity index is 1.66. The largest absolute Gasteiger partial charge is 0.492 e. The molecular weight excluding hydrogens is 421 g/mol. The van der Waals surface area contributed by atoms with E-state index in [2.05, 4.69) is 44.7 Å². The van der Waals surface area contributed by atoms with Crippen LogP contribution < -0.4 is 20.7 Å². The number of carbonyl (C=O) groups excluding carboxylic acids is 1. The first-order valence-electron chi connectivity index (χ1n) is 10.8. The van der Waals surface area contributed by atoms with Crippen LogP contribution in [0.5, 0.6) is 5.75 Å². The smallest absolute Gasteiger partial charge is 0.255 e. The van der Waals surface area contributed by atoms with E-state index in [1.54, 1.807) is 24.5 Å². The van der Waals surface area contributed by atoms with Crippen molar-refractivity contribution < 1.29 is 13.9 Å². The highest BCUT2D eigenvalue weighted by Gasteiger charge is 2.30. The van der Waals surface area contributed by atoms with Crippen LogP contribution in [0.4, 0.5) is 15.8 Å². The Morgan fingerprint density at radius 2 is 2.12 bits per heavy atom. The van der Waals surface area contributed by atoms with E-state index >= 15 is 0 Å². The maximum atomic E-state index is 14.3. The van der Waals surface area contributed by atoms with Crippen LogP contribution >= 0.6 is 0 Å². The standard InChI is InChI=1S/C25H24FN5O2/c1-25(10-13-29-25)9-6-15-14-27-11-7-16(15)21-22(20-18(30-21)8-12-28-24(20)32)31-19-5-3-4-17(26)23(19)33-2/h3-5,7,11,14,29-31H,8,10,12-13H2,1-2H3,(H,28,32). The lowest BCUT2D eigenvalue weighted by molar-refractivity contribution is 0.0947. The van der Waals surface area contributed by atoms with Gasteiger partial charge >= 0.3 is 0 Å². The van der Waals surface area contributed by atoms with E-state index in [1.165, 1.54) is 13.2 Å². The molecule has 2 aliphatic rings. The summed E-state index contributed by atoms with van der Waals surface area (Å²) >= 11 is 0. The van der Waals surface area contributed by atoms with Crippen LogP contribution in [0.15, 0.2) is 36.7 Å². The van der Waals surface area contributed by atoms with E-state index in [4.69, 9.17) is 4.74 Å². The number of fused-ring (bicyclic) bond motifs is 1. The number of aromatic amines is 1. The number of benzene rings is 1. The van der Waals surface area contributed by atoms with Crippen LogP contribution in [0.1, 0.15) is 35.0 Å². The van der Waals surface area contributed by atoms with Gasteiger partial charge in [0.15, 0.2) is 11.6 Å². The number of carbonyl (C=O) groups is 1. The molecule has 1 amide bonds. The molecule has 1 fully saturated rings. The van der Waals surface area contributed by atoms with Crippen molar-refractivity contribution in [1.29, 1.82) is 0 Å². The van der Waals surface area contributed by atoms with Gasteiger partial charge in [0.1, 0.15) is 0 Å². The van der Waals surface area contributed by atoms with Gasteiger partial charge in [-0.1, -0.05) is 17.9 Å². The van der Waals surface area contributed by atoms with E-state index in [1.807, 2.05) is 6.07 Å². The highest BCUT2D eigenvalue weighted by molar-refractivity contribution is 6.06. The highest BCUT2D eigenvalue weighted by Crippen LogP contribution is 2.40. The fourth-order valence-corrected chi connectivity index (χ4v) is 4.18. The van der Waals surface area contributed by atoms with E-state index in [9.17, 15) is 9.18 Å². The monoisotopic (exact) mass is 445 g/mol. The number of halogens is 1. The first-order valence-corrected chi connectivity index (χ1v) is 10.8. The fraction of sp³-hybridized carbons (Fsp3) is 0.280. The quantitative estimate of drug-likeness (QED) is 0.463. The van der Waals surface area contributed by atoms with Gasteiger partial charge in [-0.25, -0.2) is 4.39 Å². The van der Waals surface area contributed by atoms with Crippen LogP contribution in [-0.4, -0.2) is 41.6 Å². The molecule has 1 unspecified atom stereocenters. The summed E-state index contributed by atoms with van der Waals surface area (Å²) < 4.78 is 19.6. The van der Waals surface area contributed by atoms with Crippen LogP contribution in [0, 0.1) is 17.7 Å². The first-order chi connectivity index (χ1) is 16.0. The van der Waals surface area contributed by atoms with Gasteiger partial charge in [-0.3, -0.25) is 9.78 Å². The topological polar surface area (TPSA) is 91.1 Å². The summed E-state index contributed by atoms with van der Waals surface area (Å²) in [6, 6.07) is 6.50. The Bertz CT molecular complexity index is 1300. The average Bonchev–Trinajstić information content (AvgIpc) is 3.16. The normalized spacial score (nSPS) is 18.9. The number of nitrogens with one attached hydrogen (secondary N) is 4. The Kier molecular flexibility index (Phi) is 5.27. The Morgan fingerprint density at radius 1 is 1.27 bits per heavy atom. The number of pyridine rings is 1. The SMILES string of the molecule is COc1c(F)cccc1Nc1c(-c2ccncc2C#CC2(C)CCN2)[nH]c2c1C(=O)NCC2. The summed E-state index contributed by atoms with van der Waals surface area (Å²) in [6.07, 6.45) is 5.05. The highest BCUT2D eigenvalue weighted by atomic mass is 19.1. The Hall–Kier alpha value is -3.83. The zero-order valence-corrected chi connectivity index (χ0v) is 18.4. The van der Waals surface area contributed by atoms with Gasteiger partial charge in [0.25, 0.3) is 5.91 Å². The Morgan fingerprint density at radius 3 is 2.88 bits per heavy atom. The third kappa shape index (κ3) is 3.81. The molecule has 7 nitrogen and oxygen atoms in total. The third-order valence-electron chi connectivity index (χ3n) is 6.10. The summed E-state index contributed by atoms with van der Waals surface area (Å²) in [7, 11) is 1.41. The van der Waals surface area contributed by atoms with Crippen LogP contribution in [0.3, 0.4) is 0 Å². The molecule has 8 heteroatoms. The molecule has 4 N–H and O–H groups in total. The van der Waals surface area contributed by atoms with E-state index in [-0.39, 0.29) is 17.2 Å². The molecule has 0 aliphatic carbocycles. The number of hydrogen-bond acceptors (Lipinski definition) is 5. The number of amides is 1. The molecule has 0 bridgehead atoms. The minimum atomic E-state index is -0.491. The molecule has 5 rings (SSSR count). The lowest BCUT2D eigenvalue weighted by Gasteiger charge is -2.34. The molecule has 0 saturated carbocycles. The maximum absolute atomic E-state index is 14.3. The zero-order valence-electron chi connectivity index (χ0n) is 18.4. The number of ether oxygens (including phenoxy) is 1. The van der Waals surface area contributed by atoms with Gasteiger partial charge in [0.05, 0.1) is 40.8 Å². The third-order valence-corrected chi connectivity index (χ3v) is 6.10. The molecule has 33 heavy (non-hydrogen) atoms. The summed E-state index contributed by atoms with van der Waals surface area (Å²) in [5.74, 6) is 5.96. The van der Waals surface area contributed by atoms with E-state index < -0.39 is 5.82 Å². The molecule has 4 heterocycles. The van der Waals surface area contributed by atoms with Crippen molar-refractivity contribution in [3.05, 3.63) is 59.3 Å². The lowest BCUT2D eigenvalue weighted by atomic mass is 9.90. The fourth-order valence-electron chi connectivity index (χ4n) is 4.18. The van der Waals surface area contributed by atoms with Gasteiger partial charge in [-0.15, -0.1) is 0 Å². The van der Waals surface area contributed by atoms with Crippen LogP contribution in [0.25, 0.3) is 11.3 Å². The van der Waals surface area contributed by atoms with Crippen molar-refractivity contribution in [2.24, 2.45) is 0 Å². The Labute approximate surface area is 191 Å². The van der Waals surface area contributed by atoms with Crippen molar-refractivity contribution >= 4 is 17.3 Å². The molecule has 2 aliphatic heterocycles. The van der Waals surface area contributed by atoms with Gasteiger partial charge in [-0.2, -0.15) is 0 Å². The number of nitrogens with zero attached hydrogens (tertiary/aromatic N) is 1. The number of hydrogen-bond donors (Lipinski definition) is 4. The number of rotatable bonds is 4. The van der Waals surface area contributed by atoms with Crippen molar-refractivity contribution in [1.82, 2.24) is 20.6 Å². The van der Waals surface area contributed by atoms with Gasteiger partial charge < -0.3 is 25.7 Å². The molecule has 1 saturated heterocycles. The van der Waals surface area contributed by atoms with Crippen molar-refractivity contribution in [2.75, 3.05) is 25.5 Å². The second kappa shape index (κ2) is 8.26. The van der Waals surface area contributed by atoms with Crippen molar-refractivity contribution in [3.8, 4) is 28.8 Å². The van der Waals surface area contributed by atoms with Crippen LogP contribution in [-0.2, 0) is 6.42 Å². The number of para-hydroxylation sites is 1. The predicted molar refractivity (Wildman–Crippen MR) is 124 cm³/mol. The average molecular weight is 445 g/mol. The van der Waals surface area contributed by atoms with Crippen LogP contribution in [0.2, 0.25) is 0 Å². The molecule has 0 spiro atoms. The first kappa shape index (κ1) is 21.0. The number of methoxy groups -OCH3 is 1. The van der Waals surface area contributed by atoms with E-state index in [0.29, 0.717) is 35.6 Å². The molecule has 0 radical (unpaired) electrons. The number of aromatic nitrogens is 2. The molecule has 2 aromatic heterocycles. The summed E-state index contributed by atoms with van der Waals surface area (Å²) in [6.45, 7) is 3.56. The zero-order chi connectivity index (χ0) is 23.0. The maximum Gasteiger partial charge on any atom is 0.255 e. The molecule has 1 atom stereocenters. The minimum absolute atomic E-state index is 0.0772. The summed E-state index contributed by atoms with van der Waals surface area (Å²) in [5.41, 5.74) is 4.32. The lowest BCUT2D eigenvalue weighted by Crippen LogP contribution is -2.53. The molecular formula is C25H24FN5O2. The molecule has 168 valence electrons. The second-order valence-electron chi connectivity index (χ2n) is 8.36. The van der Waals surface area contributed by atoms with Gasteiger partial charge in [0, 0.05) is 36.6 Å². The predicted octanol–water partition coefficient (Wildman–Crippen LogP) is 3.36. The molecule has 3 aromatic rings. The molecule has 1 aromatic carbocycles. The number of anilines is 2. The van der Waals surface area contributed by atoms with E-state index in [0.717, 1.165) is 29.8 Å². The second-order valence-corrected chi connectivity index (χ2v) is 8.36. The minimum Gasteiger partial charge on any atom is -0.492 e. The summed E-state index contributed by atoms with van der Waals surface area (Å²) in [4.78, 5) is 20.5. The van der Waals surface area contributed by atoms with Gasteiger partial charge in [0.2, 0.25) is 0 Å². The van der Waals surface area contributed by atoms with Crippen molar-refractivity contribution in [3.63, 3.8) is 0 Å².